The molecule has 5 aliphatic rings. The third-order valence-electron chi connectivity index (χ3n) is 11.4. The minimum Gasteiger partial charge on any atom is -0.392 e. The fourth-order valence-electron chi connectivity index (χ4n) is 9.58. The van der Waals surface area contributed by atoms with Crippen molar-refractivity contribution in [3.05, 3.63) is 137 Å². The van der Waals surface area contributed by atoms with Crippen LogP contribution in [0.1, 0.15) is 85.2 Å². The average Bonchev–Trinajstić information content (AvgIpc) is 3.12. The van der Waals surface area contributed by atoms with Crippen LogP contribution in [-0.2, 0) is 29.2 Å². The number of aliphatic hydroxyl groups excluding tert-OH is 1. The minimum atomic E-state index is -0.568. The van der Waals surface area contributed by atoms with E-state index in [0.717, 1.165) is 79.0 Å². The van der Waals surface area contributed by atoms with Crippen LogP contribution < -0.4 is 10.6 Å². The standard InChI is InChI=1S/C43H49N3O4/c47-29-32-11-13-36(14-12-32)40-22-39(28-46(26-30-7-3-1-4-8-30)27-31-9-5-2-6-10-31)49-41(50-40)37-15-17-38(18-16-37)44-42(48)45-43-23-33-19-34(24-43)21-35(20-33)25-43/h1-18,33-35,39-41,47H,19-29H2,(H2,44,45,48)/t33?,34?,35?,39-,40+,41+,43?/m1/s1. The van der Waals surface area contributed by atoms with Crippen LogP contribution in [0.25, 0.3) is 0 Å². The molecule has 7 heteroatoms. The van der Waals surface area contributed by atoms with E-state index in [1.165, 1.54) is 30.4 Å². The van der Waals surface area contributed by atoms with E-state index in [2.05, 4.69) is 88.3 Å². The van der Waals surface area contributed by atoms with Crippen molar-refractivity contribution >= 4 is 11.7 Å². The molecule has 9 rings (SSSR count). The van der Waals surface area contributed by atoms with Gasteiger partial charge in [-0.15, -0.1) is 0 Å². The molecule has 1 heterocycles. The Morgan fingerprint density at radius 2 is 1.24 bits per heavy atom. The number of hydrogen-bond acceptors (Lipinski definition) is 5. The van der Waals surface area contributed by atoms with Crippen molar-refractivity contribution in [2.75, 3.05) is 11.9 Å². The van der Waals surface area contributed by atoms with Crippen molar-refractivity contribution in [2.24, 2.45) is 17.8 Å². The highest BCUT2D eigenvalue weighted by Crippen LogP contribution is 2.55. The van der Waals surface area contributed by atoms with Crippen LogP contribution in [0.15, 0.2) is 109 Å². The van der Waals surface area contributed by atoms with Gasteiger partial charge in [0.2, 0.25) is 0 Å². The Bertz CT molecular complexity index is 1640. The average molecular weight is 672 g/mol. The number of carbonyl (C=O) groups excluding carboxylic acids is 1. The summed E-state index contributed by atoms with van der Waals surface area (Å²) in [4.78, 5) is 15.7. The predicted octanol–water partition coefficient (Wildman–Crippen LogP) is 8.52. The molecule has 4 aromatic carbocycles. The predicted molar refractivity (Wildman–Crippen MR) is 195 cm³/mol. The van der Waals surface area contributed by atoms with E-state index in [9.17, 15) is 9.90 Å². The number of nitrogens with one attached hydrogen (secondary N) is 2. The lowest BCUT2D eigenvalue weighted by atomic mass is 9.53. The number of carbonyl (C=O) groups is 1. The van der Waals surface area contributed by atoms with Gasteiger partial charge in [-0.3, -0.25) is 4.90 Å². The first-order valence-corrected chi connectivity index (χ1v) is 18.5. The second kappa shape index (κ2) is 14.7. The van der Waals surface area contributed by atoms with Gasteiger partial charge in [0.05, 0.1) is 18.8 Å². The maximum absolute atomic E-state index is 13.2. The van der Waals surface area contributed by atoms with E-state index in [1.807, 2.05) is 36.4 Å². The van der Waals surface area contributed by atoms with Crippen LogP contribution in [0.2, 0.25) is 0 Å². The second-order valence-electron chi connectivity index (χ2n) is 15.4. The maximum atomic E-state index is 13.2. The molecule has 50 heavy (non-hydrogen) atoms. The van der Waals surface area contributed by atoms with Gasteiger partial charge in [0.25, 0.3) is 0 Å². The molecule has 4 aromatic rings. The molecular weight excluding hydrogens is 622 g/mol. The monoisotopic (exact) mass is 671 g/mol. The Kier molecular flexibility index (Phi) is 9.74. The fraction of sp³-hybridized carbons (Fsp3) is 0.419. The van der Waals surface area contributed by atoms with Gasteiger partial charge in [-0.1, -0.05) is 97.1 Å². The molecule has 5 fully saturated rings. The number of benzene rings is 4. The smallest absolute Gasteiger partial charge is 0.319 e. The summed E-state index contributed by atoms with van der Waals surface area (Å²) in [6.07, 6.45) is 7.30. The van der Waals surface area contributed by atoms with Gasteiger partial charge in [-0.2, -0.15) is 0 Å². The summed E-state index contributed by atoms with van der Waals surface area (Å²) in [6, 6.07) is 37.0. The number of aliphatic hydroxyl groups is 1. The summed E-state index contributed by atoms with van der Waals surface area (Å²) < 4.78 is 13.4. The molecule has 3 N–H and O–H groups in total. The van der Waals surface area contributed by atoms with E-state index >= 15 is 0 Å². The Hall–Kier alpha value is -4.01. The number of hydrogen-bond donors (Lipinski definition) is 3. The summed E-state index contributed by atoms with van der Waals surface area (Å²) in [5, 5.41) is 16.2. The first-order chi connectivity index (χ1) is 24.5. The van der Waals surface area contributed by atoms with Gasteiger partial charge in [-0.05, 0) is 90.7 Å². The van der Waals surface area contributed by atoms with Gasteiger partial charge in [0.15, 0.2) is 6.29 Å². The Balaban J connectivity index is 0.978. The van der Waals surface area contributed by atoms with E-state index in [-0.39, 0.29) is 30.4 Å². The van der Waals surface area contributed by atoms with Gasteiger partial charge in [0, 0.05) is 42.8 Å². The first kappa shape index (κ1) is 33.2. The zero-order valence-corrected chi connectivity index (χ0v) is 28.8. The fourth-order valence-corrected chi connectivity index (χ4v) is 9.58. The third-order valence-corrected chi connectivity index (χ3v) is 11.4. The van der Waals surface area contributed by atoms with Crippen molar-refractivity contribution in [3.8, 4) is 0 Å². The lowest BCUT2D eigenvalue weighted by Gasteiger charge is -2.56. The first-order valence-electron chi connectivity index (χ1n) is 18.5. The maximum Gasteiger partial charge on any atom is 0.319 e. The molecule has 260 valence electrons. The van der Waals surface area contributed by atoms with Crippen LogP contribution in [0.3, 0.4) is 0 Å². The molecule has 0 radical (unpaired) electrons. The van der Waals surface area contributed by atoms with E-state index < -0.39 is 6.29 Å². The second-order valence-corrected chi connectivity index (χ2v) is 15.4. The highest BCUT2D eigenvalue weighted by molar-refractivity contribution is 5.89. The molecule has 7 nitrogen and oxygen atoms in total. The number of ether oxygens (including phenoxy) is 2. The lowest BCUT2D eigenvalue weighted by molar-refractivity contribution is -0.253. The van der Waals surface area contributed by atoms with Gasteiger partial charge >= 0.3 is 6.03 Å². The molecule has 0 spiro atoms. The topological polar surface area (TPSA) is 83.1 Å². The highest BCUT2D eigenvalue weighted by Gasteiger charge is 2.51. The number of amides is 2. The van der Waals surface area contributed by atoms with Crippen LogP contribution in [0.5, 0.6) is 0 Å². The molecule has 3 atom stereocenters. The summed E-state index contributed by atoms with van der Waals surface area (Å²) in [7, 11) is 0. The molecule has 0 unspecified atom stereocenters. The zero-order chi connectivity index (χ0) is 33.9. The molecule has 4 saturated carbocycles. The number of anilines is 1. The van der Waals surface area contributed by atoms with Crippen LogP contribution >= 0.6 is 0 Å². The summed E-state index contributed by atoms with van der Waals surface area (Å²) in [6.45, 7) is 2.36. The molecule has 1 saturated heterocycles. The lowest BCUT2D eigenvalue weighted by Crippen LogP contribution is -2.60. The zero-order valence-electron chi connectivity index (χ0n) is 28.8. The highest BCUT2D eigenvalue weighted by atomic mass is 16.7. The normalized spacial score (nSPS) is 28.4. The Morgan fingerprint density at radius 3 is 1.80 bits per heavy atom. The molecule has 4 aliphatic carbocycles. The Labute approximate surface area is 296 Å². The quantitative estimate of drug-likeness (QED) is 0.149. The van der Waals surface area contributed by atoms with Crippen molar-refractivity contribution in [1.29, 1.82) is 0 Å². The Morgan fingerprint density at radius 1 is 0.680 bits per heavy atom. The number of nitrogens with zero attached hydrogens (tertiary/aromatic N) is 1. The molecule has 1 aliphatic heterocycles. The van der Waals surface area contributed by atoms with Crippen LogP contribution in [0.4, 0.5) is 10.5 Å². The van der Waals surface area contributed by atoms with Crippen molar-refractivity contribution < 1.29 is 19.4 Å². The van der Waals surface area contributed by atoms with E-state index in [4.69, 9.17) is 9.47 Å². The summed E-state index contributed by atoms with van der Waals surface area (Å²) in [5.74, 6) is 2.33. The summed E-state index contributed by atoms with van der Waals surface area (Å²) >= 11 is 0. The SMILES string of the molecule is O=C(Nc1ccc([C@H]2O[C@@H](CN(Cc3ccccc3)Cc3ccccc3)C[C@@H](c3ccc(CO)cc3)O2)cc1)NC12CC3CC(CC(C3)C1)C2. The van der Waals surface area contributed by atoms with E-state index in [0.29, 0.717) is 6.42 Å². The van der Waals surface area contributed by atoms with Crippen molar-refractivity contribution in [1.82, 2.24) is 10.2 Å². The number of rotatable bonds is 11. The number of urea groups is 1. The minimum absolute atomic E-state index is 0.00897. The molecular formula is C43H49N3O4. The van der Waals surface area contributed by atoms with E-state index in [1.54, 1.807) is 0 Å². The molecule has 2 amide bonds. The van der Waals surface area contributed by atoms with Gasteiger partial charge < -0.3 is 25.2 Å². The molecule has 0 aromatic heterocycles. The van der Waals surface area contributed by atoms with Crippen molar-refractivity contribution in [3.63, 3.8) is 0 Å². The van der Waals surface area contributed by atoms with Crippen LogP contribution in [-0.4, -0.2) is 34.2 Å². The van der Waals surface area contributed by atoms with Crippen molar-refractivity contribution in [2.45, 2.75) is 88.7 Å². The summed E-state index contributed by atoms with van der Waals surface area (Å²) in [5.41, 5.74) is 6.11. The third kappa shape index (κ3) is 7.82. The largest absolute Gasteiger partial charge is 0.392 e. The molecule has 4 bridgehead atoms. The van der Waals surface area contributed by atoms with Gasteiger partial charge in [0.1, 0.15) is 0 Å². The van der Waals surface area contributed by atoms with Gasteiger partial charge in [-0.25, -0.2) is 4.79 Å². The van der Waals surface area contributed by atoms with Crippen LogP contribution in [0, 0.1) is 17.8 Å².